The summed E-state index contributed by atoms with van der Waals surface area (Å²) in [5.74, 6) is -3.58. The van der Waals surface area contributed by atoms with Gasteiger partial charge in [-0.25, -0.2) is 0 Å². The molecular weight excluding hydrogens is 365 g/mol. The molecule has 0 aromatic heterocycles. The van der Waals surface area contributed by atoms with Gasteiger partial charge < -0.3 is 19.4 Å². The number of carbonyl (C=O) groups is 2. The predicted octanol–water partition coefficient (Wildman–Crippen LogP) is 4.38. The molecule has 0 heterocycles. The maximum absolute atomic E-state index is 12.3. The molecule has 0 aliphatic rings. The first-order valence-electron chi connectivity index (χ1n) is 9.04. The predicted molar refractivity (Wildman–Crippen MR) is 90.3 cm³/mol. The third-order valence-corrected chi connectivity index (χ3v) is 3.86. The number of carboxylic acids is 1. The second-order valence-corrected chi connectivity index (χ2v) is 6.19. The van der Waals surface area contributed by atoms with E-state index in [-0.39, 0.29) is 6.42 Å². The number of hydrogen-bond acceptors (Lipinski definition) is 5. The number of rotatable bonds is 12. The molecule has 0 atom stereocenters. The van der Waals surface area contributed by atoms with Crippen LogP contribution in [0, 0.1) is 0 Å². The lowest BCUT2D eigenvalue weighted by atomic mass is 10.1. The van der Waals surface area contributed by atoms with Gasteiger partial charge in [-0.2, -0.15) is 0 Å². The Bertz CT molecular complexity index is 614. The number of benzene rings is 1. The van der Waals surface area contributed by atoms with Crippen LogP contribution in [0.25, 0.3) is 0 Å². The van der Waals surface area contributed by atoms with Gasteiger partial charge in [0.1, 0.15) is 11.5 Å². The number of alkyl halides is 3. The number of esters is 1. The number of hydrogen-bond donors (Lipinski definition) is 0. The van der Waals surface area contributed by atoms with Crippen LogP contribution >= 0.6 is 0 Å². The lowest BCUT2D eigenvalue weighted by Crippen LogP contribution is -2.24. The molecule has 0 spiro atoms. The second kappa shape index (κ2) is 11.5. The van der Waals surface area contributed by atoms with Crippen molar-refractivity contribution in [1.82, 2.24) is 0 Å². The zero-order chi connectivity index (χ0) is 20.3. The average molecular weight is 389 g/mol. The lowest BCUT2D eigenvalue weighted by molar-refractivity contribution is -0.274. The van der Waals surface area contributed by atoms with Gasteiger partial charge in [-0.05, 0) is 18.6 Å². The van der Waals surface area contributed by atoms with Gasteiger partial charge in [-0.3, -0.25) is 4.79 Å². The first kappa shape index (κ1) is 22.8. The van der Waals surface area contributed by atoms with Crippen LogP contribution in [0.1, 0.15) is 75.1 Å². The molecule has 1 aromatic carbocycles. The van der Waals surface area contributed by atoms with E-state index in [1.165, 1.54) is 19.3 Å². The quantitative estimate of drug-likeness (QED) is 0.301. The topological polar surface area (TPSA) is 75.7 Å². The molecule has 0 amide bonds. The van der Waals surface area contributed by atoms with Gasteiger partial charge >= 0.3 is 12.3 Å². The molecule has 0 saturated heterocycles. The SMILES string of the molecule is CCCCCCCCCCC(=O)Oc1cc(OC(F)(F)F)ccc1C(=O)[O-]. The van der Waals surface area contributed by atoms with Crippen molar-refractivity contribution in [3.63, 3.8) is 0 Å². The Morgan fingerprint density at radius 2 is 1.59 bits per heavy atom. The molecule has 0 fully saturated rings. The lowest BCUT2D eigenvalue weighted by Gasteiger charge is -2.14. The van der Waals surface area contributed by atoms with Crippen LogP contribution < -0.4 is 14.6 Å². The van der Waals surface area contributed by atoms with E-state index in [0.29, 0.717) is 12.5 Å². The minimum atomic E-state index is -4.94. The molecule has 1 aromatic rings. The molecule has 0 saturated carbocycles. The van der Waals surface area contributed by atoms with Gasteiger partial charge in [0.05, 0.1) is 5.97 Å². The number of carboxylic acid groups (broad SMARTS) is 1. The van der Waals surface area contributed by atoms with Crippen molar-refractivity contribution < 1.29 is 37.3 Å². The Morgan fingerprint density at radius 3 is 2.15 bits per heavy atom. The van der Waals surface area contributed by atoms with Crippen molar-refractivity contribution in [2.24, 2.45) is 0 Å². The third kappa shape index (κ3) is 9.86. The van der Waals surface area contributed by atoms with Crippen LogP contribution in [0.3, 0.4) is 0 Å². The van der Waals surface area contributed by atoms with E-state index < -0.39 is 35.4 Å². The number of aromatic carboxylic acids is 1. The summed E-state index contributed by atoms with van der Waals surface area (Å²) in [5.41, 5.74) is -0.520. The molecule has 0 radical (unpaired) electrons. The van der Waals surface area contributed by atoms with E-state index >= 15 is 0 Å². The molecule has 0 unspecified atom stereocenters. The van der Waals surface area contributed by atoms with E-state index in [9.17, 15) is 27.9 Å². The summed E-state index contributed by atoms with van der Waals surface area (Å²) < 4.78 is 45.4. The average Bonchev–Trinajstić information content (AvgIpc) is 2.55. The van der Waals surface area contributed by atoms with Crippen LogP contribution in [0.2, 0.25) is 0 Å². The summed E-state index contributed by atoms with van der Waals surface area (Å²) in [5, 5.41) is 11.0. The van der Waals surface area contributed by atoms with Gasteiger partial charge in [-0.1, -0.05) is 51.9 Å². The molecule has 0 bridgehead atoms. The molecule has 0 aliphatic carbocycles. The van der Waals surface area contributed by atoms with E-state index in [0.717, 1.165) is 37.8 Å². The Kier molecular flexibility index (Phi) is 9.67. The van der Waals surface area contributed by atoms with E-state index in [4.69, 9.17) is 4.74 Å². The minimum Gasteiger partial charge on any atom is -0.545 e. The fourth-order valence-electron chi connectivity index (χ4n) is 2.53. The monoisotopic (exact) mass is 389 g/mol. The Labute approximate surface area is 156 Å². The highest BCUT2D eigenvalue weighted by Gasteiger charge is 2.31. The summed E-state index contributed by atoms with van der Waals surface area (Å²) >= 11 is 0. The van der Waals surface area contributed by atoms with Crippen LogP contribution in [0.15, 0.2) is 18.2 Å². The van der Waals surface area contributed by atoms with Gasteiger partial charge in [-0.15, -0.1) is 13.2 Å². The van der Waals surface area contributed by atoms with Crippen molar-refractivity contribution >= 4 is 11.9 Å². The smallest absolute Gasteiger partial charge is 0.545 e. The summed E-state index contributed by atoms with van der Waals surface area (Å²) in [7, 11) is 0. The minimum absolute atomic E-state index is 0.0474. The molecule has 152 valence electrons. The maximum atomic E-state index is 12.3. The summed E-state index contributed by atoms with van der Waals surface area (Å²) in [4.78, 5) is 22.9. The third-order valence-electron chi connectivity index (χ3n) is 3.86. The normalized spacial score (nSPS) is 11.3. The van der Waals surface area contributed by atoms with Crippen molar-refractivity contribution in [2.75, 3.05) is 0 Å². The van der Waals surface area contributed by atoms with Crippen molar-refractivity contribution in [3.05, 3.63) is 23.8 Å². The summed E-state index contributed by atoms with van der Waals surface area (Å²) in [6.07, 6.45) is 3.29. The standard InChI is InChI=1S/C19H25F3O5/c1-2-3-4-5-6-7-8-9-10-17(23)26-16-13-14(27-19(20,21)22)11-12-15(16)18(24)25/h11-13H,2-10H2,1H3,(H,24,25)/p-1. The Balaban J connectivity index is 2.51. The van der Waals surface area contributed by atoms with Crippen LogP contribution in [-0.2, 0) is 4.79 Å². The zero-order valence-electron chi connectivity index (χ0n) is 15.3. The Hall–Kier alpha value is -2.25. The Morgan fingerprint density at radius 1 is 1.00 bits per heavy atom. The van der Waals surface area contributed by atoms with Gasteiger partial charge in [0.15, 0.2) is 0 Å². The first-order valence-corrected chi connectivity index (χ1v) is 9.04. The number of halogens is 3. The van der Waals surface area contributed by atoms with Gasteiger partial charge in [0, 0.05) is 18.1 Å². The maximum Gasteiger partial charge on any atom is 0.573 e. The van der Waals surface area contributed by atoms with E-state index in [1.54, 1.807) is 0 Å². The van der Waals surface area contributed by atoms with Crippen molar-refractivity contribution in [3.8, 4) is 11.5 Å². The largest absolute Gasteiger partial charge is 0.573 e. The fourth-order valence-corrected chi connectivity index (χ4v) is 2.53. The van der Waals surface area contributed by atoms with Gasteiger partial charge in [0.2, 0.25) is 0 Å². The molecule has 0 N–H and O–H groups in total. The molecule has 8 heteroatoms. The zero-order valence-corrected chi connectivity index (χ0v) is 15.3. The number of ether oxygens (including phenoxy) is 2. The number of carbonyl (C=O) groups excluding carboxylic acids is 2. The molecule has 1 rings (SSSR count). The highest BCUT2D eigenvalue weighted by Crippen LogP contribution is 2.29. The van der Waals surface area contributed by atoms with Crippen molar-refractivity contribution in [2.45, 2.75) is 71.1 Å². The molecule has 27 heavy (non-hydrogen) atoms. The molecule has 5 nitrogen and oxygen atoms in total. The van der Waals surface area contributed by atoms with Gasteiger partial charge in [0.25, 0.3) is 0 Å². The van der Waals surface area contributed by atoms with Crippen molar-refractivity contribution in [1.29, 1.82) is 0 Å². The fraction of sp³-hybridized carbons (Fsp3) is 0.579. The number of unbranched alkanes of at least 4 members (excludes halogenated alkanes) is 7. The van der Waals surface area contributed by atoms with Crippen LogP contribution in [-0.4, -0.2) is 18.3 Å². The molecular formula is C19H24F3O5-. The summed E-state index contributed by atoms with van der Waals surface area (Å²) in [6, 6.07) is 2.37. The summed E-state index contributed by atoms with van der Waals surface area (Å²) in [6.45, 7) is 2.14. The van der Waals surface area contributed by atoms with Crippen LogP contribution in [0.5, 0.6) is 11.5 Å². The van der Waals surface area contributed by atoms with E-state index in [2.05, 4.69) is 11.7 Å². The second-order valence-electron chi connectivity index (χ2n) is 6.19. The highest BCUT2D eigenvalue weighted by atomic mass is 19.4. The van der Waals surface area contributed by atoms with Crippen LogP contribution in [0.4, 0.5) is 13.2 Å². The van der Waals surface area contributed by atoms with E-state index in [1.807, 2.05) is 0 Å². The first-order chi connectivity index (χ1) is 12.7. The highest BCUT2D eigenvalue weighted by molar-refractivity contribution is 5.90. The molecule has 0 aliphatic heterocycles.